The molecule has 1 amide bonds. The molecule has 2 aromatic heterocycles. The van der Waals surface area contributed by atoms with Crippen LogP contribution in [0.1, 0.15) is 18.1 Å². The maximum Gasteiger partial charge on any atom is 0.221 e. The third-order valence-electron chi connectivity index (χ3n) is 4.46. The SMILES string of the molecule is CC(=O)Nc1ccc(C)c(Nc2ccnc3cc4c(C)csc4cc23)c1. The Hall–Kier alpha value is -2.92. The van der Waals surface area contributed by atoms with E-state index in [0.29, 0.717) is 0 Å². The molecule has 0 aliphatic heterocycles. The van der Waals surface area contributed by atoms with E-state index in [2.05, 4.69) is 40.1 Å². The fraction of sp³-hybridized carbons (Fsp3) is 0.143. The van der Waals surface area contributed by atoms with Crippen LogP contribution in [0.15, 0.2) is 48.0 Å². The normalized spacial score (nSPS) is 11.0. The molecule has 4 rings (SSSR count). The largest absolute Gasteiger partial charge is 0.355 e. The third kappa shape index (κ3) is 3.02. The second-order valence-corrected chi connectivity index (χ2v) is 7.39. The van der Waals surface area contributed by atoms with Gasteiger partial charge in [0.1, 0.15) is 0 Å². The van der Waals surface area contributed by atoms with Gasteiger partial charge in [-0.05, 0) is 66.1 Å². The highest BCUT2D eigenvalue weighted by Crippen LogP contribution is 2.34. The van der Waals surface area contributed by atoms with Gasteiger partial charge in [0.2, 0.25) is 5.91 Å². The summed E-state index contributed by atoms with van der Waals surface area (Å²) in [6, 6.07) is 12.2. The van der Waals surface area contributed by atoms with Gasteiger partial charge >= 0.3 is 0 Å². The minimum Gasteiger partial charge on any atom is -0.355 e. The van der Waals surface area contributed by atoms with Gasteiger partial charge in [-0.2, -0.15) is 0 Å². The van der Waals surface area contributed by atoms with Crippen molar-refractivity contribution in [2.45, 2.75) is 20.8 Å². The number of carbonyl (C=O) groups is 1. The van der Waals surface area contributed by atoms with Crippen molar-refractivity contribution in [3.8, 4) is 0 Å². The minimum absolute atomic E-state index is 0.0791. The smallest absolute Gasteiger partial charge is 0.221 e. The van der Waals surface area contributed by atoms with Crippen molar-refractivity contribution in [3.05, 3.63) is 59.1 Å². The molecular formula is C21H19N3OS. The molecule has 0 aliphatic carbocycles. The van der Waals surface area contributed by atoms with Crippen LogP contribution in [-0.2, 0) is 4.79 Å². The molecule has 0 saturated carbocycles. The van der Waals surface area contributed by atoms with Gasteiger partial charge in [-0.3, -0.25) is 9.78 Å². The average molecular weight is 361 g/mol. The Kier molecular flexibility index (Phi) is 4.09. The summed E-state index contributed by atoms with van der Waals surface area (Å²) in [6.45, 7) is 5.69. The van der Waals surface area contributed by atoms with E-state index in [-0.39, 0.29) is 5.91 Å². The van der Waals surface area contributed by atoms with Crippen LogP contribution in [0.3, 0.4) is 0 Å². The molecule has 2 N–H and O–H groups in total. The molecule has 26 heavy (non-hydrogen) atoms. The summed E-state index contributed by atoms with van der Waals surface area (Å²) in [5.41, 5.74) is 6.11. The molecule has 0 spiro atoms. The first kappa shape index (κ1) is 16.5. The molecule has 0 saturated heterocycles. The lowest BCUT2D eigenvalue weighted by molar-refractivity contribution is -0.114. The van der Waals surface area contributed by atoms with E-state index in [1.54, 1.807) is 11.3 Å². The summed E-state index contributed by atoms with van der Waals surface area (Å²) < 4.78 is 1.26. The molecule has 0 atom stereocenters. The van der Waals surface area contributed by atoms with Crippen LogP contribution in [0.25, 0.3) is 21.0 Å². The van der Waals surface area contributed by atoms with Gasteiger partial charge < -0.3 is 10.6 Å². The molecule has 4 nitrogen and oxygen atoms in total. The maximum absolute atomic E-state index is 11.3. The van der Waals surface area contributed by atoms with Gasteiger partial charge in [-0.15, -0.1) is 11.3 Å². The molecular weight excluding hydrogens is 342 g/mol. The van der Waals surface area contributed by atoms with E-state index in [9.17, 15) is 4.79 Å². The molecule has 2 heterocycles. The second kappa shape index (κ2) is 6.42. The van der Waals surface area contributed by atoms with Gasteiger partial charge in [-0.1, -0.05) is 6.07 Å². The van der Waals surface area contributed by atoms with E-state index in [0.717, 1.165) is 33.5 Å². The monoisotopic (exact) mass is 361 g/mol. The highest BCUT2D eigenvalue weighted by Gasteiger charge is 2.09. The Bertz CT molecular complexity index is 1150. The number of carbonyl (C=O) groups excluding carboxylic acids is 1. The summed E-state index contributed by atoms with van der Waals surface area (Å²) in [5.74, 6) is -0.0791. The molecule has 130 valence electrons. The number of thiophene rings is 1. The number of rotatable bonds is 3. The Morgan fingerprint density at radius 2 is 1.85 bits per heavy atom. The standard InChI is InChI=1S/C21H19N3OS/c1-12-4-5-15(23-14(3)25)8-19(12)24-18-6-7-22-20-9-16-13(2)11-26-21(16)10-17(18)20/h4-11H,1-3H3,(H,22,24)(H,23,25). The number of nitrogens with one attached hydrogen (secondary N) is 2. The number of benzene rings is 2. The van der Waals surface area contributed by atoms with Gasteiger partial charge in [0, 0.05) is 40.3 Å². The molecule has 0 unspecified atom stereocenters. The first-order chi connectivity index (χ1) is 12.5. The zero-order valence-electron chi connectivity index (χ0n) is 14.9. The molecule has 0 bridgehead atoms. The van der Waals surface area contributed by atoms with E-state index >= 15 is 0 Å². The summed E-state index contributed by atoms with van der Waals surface area (Å²) in [4.78, 5) is 15.9. The number of nitrogens with zero attached hydrogens (tertiary/aromatic N) is 1. The summed E-state index contributed by atoms with van der Waals surface area (Å²) in [5, 5.41) is 10.9. The van der Waals surface area contributed by atoms with Crippen molar-refractivity contribution in [1.29, 1.82) is 0 Å². The van der Waals surface area contributed by atoms with Crippen molar-refractivity contribution in [2.75, 3.05) is 10.6 Å². The number of fused-ring (bicyclic) bond motifs is 2. The lowest BCUT2D eigenvalue weighted by atomic mass is 10.1. The number of hydrogen-bond donors (Lipinski definition) is 2. The molecule has 4 aromatic rings. The quantitative estimate of drug-likeness (QED) is 0.487. The predicted molar refractivity (Wildman–Crippen MR) is 111 cm³/mol. The van der Waals surface area contributed by atoms with Crippen LogP contribution in [0, 0.1) is 13.8 Å². The number of aromatic nitrogens is 1. The van der Waals surface area contributed by atoms with Crippen molar-refractivity contribution in [2.24, 2.45) is 0 Å². The first-order valence-corrected chi connectivity index (χ1v) is 9.31. The number of hydrogen-bond acceptors (Lipinski definition) is 4. The highest BCUT2D eigenvalue weighted by molar-refractivity contribution is 7.17. The van der Waals surface area contributed by atoms with Crippen LogP contribution < -0.4 is 10.6 Å². The highest BCUT2D eigenvalue weighted by atomic mass is 32.1. The molecule has 5 heteroatoms. The number of aryl methyl sites for hydroxylation is 2. The minimum atomic E-state index is -0.0791. The second-order valence-electron chi connectivity index (χ2n) is 6.48. The number of amides is 1. The summed E-state index contributed by atoms with van der Waals surface area (Å²) in [7, 11) is 0. The topological polar surface area (TPSA) is 54.0 Å². The maximum atomic E-state index is 11.3. The van der Waals surface area contributed by atoms with Crippen molar-refractivity contribution < 1.29 is 4.79 Å². The first-order valence-electron chi connectivity index (χ1n) is 8.43. The summed E-state index contributed by atoms with van der Waals surface area (Å²) in [6.07, 6.45) is 1.82. The molecule has 0 radical (unpaired) electrons. The van der Waals surface area contributed by atoms with Crippen LogP contribution >= 0.6 is 11.3 Å². The lowest BCUT2D eigenvalue weighted by Gasteiger charge is -2.14. The van der Waals surface area contributed by atoms with Crippen LogP contribution in [0.2, 0.25) is 0 Å². The van der Waals surface area contributed by atoms with E-state index in [4.69, 9.17) is 0 Å². The van der Waals surface area contributed by atoms with Gasteiger partial charge in [0.25, 0.3) is 0 Å². The Balaban J connectivity index is 1.80. The van der Waals surface area contributed by atoms with Crippen molar-refractivity contribution in [3.63, 3.8) is 0 Å². The van der Waals surface area contributed by atoms with Crippen LogP contribution in [0.4, 0.5) is 17.1 Å². The van der Waals surface area contributed by atoms with Crippen molar-refractivity contribution in [1.82, 2.24) is 4.98 Å². The Labute approximate surface area is 155 Å². The van der Waals surface area contributed by atoms with E-state index < -0.39 is 0 Å². The third-order valence-corrected chi connectivity index (χ3v) is 5.52. The fourth-order valence-corrected chi connectivity index (χ4v) is 4.05. The van der Waals surface area contributed by atoms with Gasteiger partial charge in [0.05, 0.1) is 5.52 Å². The predicted octanol–water partition coefficient (Wildman–Crippen LogP) is 5.77. The van der Waals surface area contributed by atoms with Crippen LogP contribution in [0.5, 0.6) is 0 Å². The Morgan fingerprint density at radius 3 is 2.65 bits per heavy atom. The molecule has 0 fully saturated rings. The van der Waals surface area contributed by atoms with E-state index in [1.165, 1.54) is 22.6 Å². The average Bonchev–Trinajstić information content (AvgIpc) is 2.96. The lowest BCUT2D eigenvalue weighted by Crippen LogP contribution is -2.06. The molecule has 0 aliphatic rings. The van der Waals surface area contributed by atoms with Crippen LogP contribution in [-0.4, -0.2) is 10.9 Å². The summed E-state index contributed by atoms with van der Waals surface area (Å²) >= 11 is 1.75. The zero-order valence-corrected chi connectivity index (χ0v) is 15.7. The zero-order chi connectivity index (χ0) is 18.3. The van der Waals surface area contributed by atoms with Gasteiger partial charge in [0.15, 0.2) is 0 Å². The van der Waals surface area contributed by atoms with Gasteiger partial charge in [-0.25, -0.2) is 0 Å². The fourth-order valence-electron chi connectivity index (χ4n) is 3.09. The number of anilines is 3. The van der Waals surface area contributed by atoms with E-state index in [1.807, 2.05) is 37.4 Å². The number of pyridine rings is 1. The van der Waals surface area contributed by atoms with Crippen molar-refractivity contribution >= 4 is 55.3 Å². The Morgan fingerprint density at radius 1 is 1.00 bits per heavy atom. The molecule has 2 aromatic carbocycles.